The second-order valence-electron chi connectivity index (χ2n) is 5.22. The molecule has 0 saturated carbocycles. The van der Waals surface area contributed by atoms with Crippen LogP contribution >= 0.6 is 28.3 Å². The second-order valence-corrected chi connectivity index (χ2v) is 6.08. The first-order valence-corrected chi connectivity index (χ1v) is 8.22. The third-order valence-electron chi connectivity index (χ3n) is 3.33. The molecule has 0 radical (unpaired) electrons. The number of thiazole rings is 1. The van der Waals surface area contributed by atoms with Gasteiger partial charge < -0.3 is 11.1 Å². The van der Waals surface area contributed by atoms with Gasteiger partial charge in [-0.1, -0.05) is 54.1 Å². The number of nitrogens with two attached hydrogens (primary N) is 1. The van der Waals surface area contributed by atoms with Gasteiger partial charge in [0.25, 0.3) is 0 Å². The Kier molecular flexibility index (Phi) is 6.52. The average Bonchev–Trinajstić information content (AvgIpc) is 3.02. The maximum atomic E-state index is 5.93. The molecule has 0 fully saturated rings. The largest absolute Gasteiger partial charge is 0.370 e. The predicted octanol–water partition coefficient (Wildman–Crippen LogP) is 4.62. The second kappa shape index (κ2) is 8.61. The fourth-order valence-electron chi connectivity index (χ4n) is 2.18. The average molecular weight is 403 g/mol. The van der Waals surface area contributed by atoms with Gasteiger partial charge in [0.05, 0.1) is 12.2 Å². The van der Waals surface area contributed by atoms with Crippen molar-refractivity contribution in [2.45, 2.75) is 13.5 Å². The lowest BCUT2D eigenvalue weighted by Gasteiger charge is -2.02. The Bertz CT molecular complexity index is 815. The SMILES string of the molecule is Br.Cc1cccc(-c2csc(NC(N)=NCc3ccccc3)n2)c1. The molecule has 2 aromatic carbocycles. The van der Waals surface area contributed by atoms with Crippen LogP contribution in [0.25, 0.3) is 11.3 Å². The molecule has 1 heterocycles. The van der Waals surface area contributed by atoms with E-state index in [1.165, 1.54) is 16.9 Å². The predicted molar refractivity (Wildman–Crippen MR) is 108 cm³/mol. The first kappa shape index (κ1) is 18.2. The molecule has 0 aliphatic rings. The summed E-state index contributed by atoms with van der Waals surface area (Å²) in [5.41, 5.74) is 10.3. The van der Waals surface area contributed by atoms with Crippen LogP contribution in [0.4, 0.5) is 5.13 Å². The molecule has 124 valence electrons. The standard InChI is InChI=1S/C18H18N4S.BrH/c1-13-6-5-9-15(10-13)16-12-23-18(21-16)22-17(19)20-11-14-7-3-2-4-8-14;/h2-10,12H,11H2,1H3,(H3,19,20,21,22);1H. The van der Waals surface area contributed by atoms with E-state index in [-0.39, 0.29) is 17.0 Å². The van der Waals surface area contributed by atoms with Crippen molar-refractivity contribution in [2.24, 2.45) is 10.7 Å². The minimum Gasteiger partial charge on any atom is -0.370 e. The smallest absolute Gasteiger partial charge is 0.195 e. The van der Waals surface area contributed by atoms with Crippen molar-refractivity contribution >= 4 is 39.4 Å². The number of benzene rings is 2. The molecule has 0 atom stereocenters. The maximum absolute atomic E-state index is 5.93. The third kappa shape index (κ3) is 4.91. The summed E-state index contributed by atoms with van der Waals surface area (Å²) in [6.07, 6.45) is 0. The Morgan fingerprint density at radius 1 is 1.17 bits per heavy atom. The fraction of sp³-hybridized carbons (Fsp3) is 0.111. The van der Waals surface area contributed by atoms with Crippen molar-refractivity contribution < 1.29 is 0 Å². The number of halogens is 1. The van der Waals surface area contributed by atoms with E-state index in [4.69, 9.17) is 5.73 Å². The molecule has 0 bridgehead atoms. The van der Waals surface area contributed by atoms with Crippen molar-refractivity contribution in [1.82, 2.24) is 4.98 Å². The van der Waals surface area contributed by atoms with Crippen LogP contribution in [0.2, 0.25) is 0 Å². The molecule has 0 spiro atoms. The van der Waals surface area contributed by atoms with Gasteiger partial charge in [-0.05, 0) is 18.6 Å². The topological polar surface area (TPSA) is 63.3 Å². The van der Waals surface area contributed by atoms with Gasteiger partial charge in [-0.2, -0.15) is 0 Å². The third-order valence-corrected chi connectivity index (χ3v) is 4.09. The lowest BCUT2D eigenvalue weighted by molar-refractivity contribution is 1.06. The molecule has 0 unspecified atom stereocenters. The summed E-state index contributed by atoms with van der Waals surface area (Å²) in [4.78, 5) is 8.90. The molecule has 3 rings (SSSR count). The van der Waals surface area contributed by atoms with Gasteiger partial charge in [0.15, 0.2) is 11.1 Å². The van der Waals surface area contributed by atoms with Crippen molar-refractivity contribution in [3.63, 3.8) is 0 Å². The molecule has 0 amide bonds. The lowest BCUT2D eigenvalue weighted by atomic mass is 10.1. The number of nitrogens with zero attached hydrogens (tertiary/aromatic N) is 2. The molecule has 3 aromatic rings. The summed E-state index contributed by atoms with van der Waals surface area (Å²) in [7, 11) is 0. The number of hydrogen-bond acceptors (Lipinski definition) is 3. The van der Waals surface area contributed by atoms with Gasteiger partial charge in [0.2, 0.25) is 0 Å². The zero-order valence-corrected chi connectivity index (χ0v) is 15.8. The number of guanidine groups is 1. The number of nitrogens with one attached hydrogen (secondary N) is 1. The van der Waals surface area contributed by atoms with E-state index in [1.54, 1.807) is 0 Å². The molecule has 0 aliphatic heterocycles. The van der Waals surface area contributed by atoms with Crippen LogP contribution < -0.4 is 11.1 Å². The Morgan fingerprint density at radius 2 is 1.96 bits per heavy atom. The van der Waals surface area contributed by atoms with Gasteiger partial charge in [0.1, 0.15) is 0 Å². The highest BCUT2D eigenvalue weighted by Gasteiger charge is 2.05. The molecule has 6 heteroatoms. The lowest BCUT2D eigenvalue weighted by Crippen LogP contribution is -2.22. The molecular formula is C18H19BrN4S. The van der Waals surface area contributed by atoms with E-state index >= 15 is 0 Å². The van der Waals surface area contributed by atoms with E-state index in [0.29, 0.717) is 12.5 Å². The molecule has 4 nitrogen and oxygen atoms in total. The summed E-state index contributed by atoms with van der Waals surface area (Å²) < 4.78 is 0. The molecule has 24 heavy (non-hydrogen) atoms. The van der Waals surface area contributed by atoms with Crippen molar-refractivity contribution in [1.29, 1.82) is 0 Å². The highest BCUT2D eigenvalue weighted by Crippen LogP contribution is 2.25. The maximum Gasteiger partial charge on any atom is 0.195 e. The minimum atomic E-state index is 0. The van der Waals surface area contributed by atoms with Gasteiger partial charge in [-0.25, -0.2) is 9.98 Å². The highest BCUT2D eigenvalue weighted by molar-refractivity contribution is 8.93. The molecule has 1 aromatic heterocycles. The summed E-state index contributed by atoms with van der Waals surface area (Å²) >= 11 is 1.52. The van der Waals surface area contributed by atoms with Gasteiger partial charge in [-0.3, -0.25) is 0 Å². The number of aromatic nitrogens is 1. The van der Waals surface area contributed by atoms with Crippen LogP contribution in [-0.2, 0) is 6.54 Å². The summed E-state index contributed by atoms with van der Waals surface area (Å²) in [5, 5.41) is 5.81. The van der Waals surface area contributed by atoms with E-state index in [1.807, 2.05) is 41.8 Å². The number of anilines is 1. The summed E-state index contributed by atoms with van der Waals surface area (Å²) in [5.74, 6) is 0.374. The number of aliphatic imine (C=N–C) groups is 1. The molecule has 0 aliphatic carbocycles. The number of hydrogen-bond donors (Lipinski definition) is 2. The quantitative estimate of drug-likeness (QED) is 0.494. The van der Waals surface area contributed by atoms with Crippen molar-refractivity contribution in [3.8, 4) is 11.3 Å². The zero-order chi connectivity index (χ0) is 16.1. The summed E-state index contributed by atoms with van der Waals surface area (Å²) in [6.45, 7) is 2.62. The number of aryl methyl sites for hydroxylation is 1. The van der Waals surface area contributed by atoms with E-state index in [9.17, 15) is 0 Å². The van der Waals surface area contributed by atoms with Crippen LogP contribution in [0, 0.1) is 6.92 Å². The summed E-state index contributed by atoms with van der Waals surface area (Å²) in [6, 6.07) is 18.3. The zero-order valence-electron chi connectivity index (χ0n) is 13.3. The number of rotatable bonds is 4. The Morgan fingerprint density at radius 3 is 2.71 bits per heavy atom. The monoisotopic (exact) mass is 402 g/mol. The first-order valence-electron chi connectivity index (χ1n) is 7.34. The fourth-order valence-corrected chi connectivity index (χ4v) is 2.90. The molecular weight excluding hydrogens is 384 g/mol. The van der Waals surface area contributed by atoms with Crippen molar-refractivity contribution in [3.05, 3.63) is 71.1 Å². The minimum absolute atomic E-state index is 0. The first-order chi connectivity index (χ1) is 11.2. The van der Waals surface area contributed by atoms with Crippen LogP contribution in [0.3, 0.4) is 0 Å². The van der Waals surface area contributed by atoms with E-state index in [2.05, 4.69) is 40.4 Å². The van der Waals surface area contributed by atoms with Gasteiger partial charge in [-0.15, -0.1) is 28.3 Å². The van der Waals surface area contributed by atoms with Crippen LogP contribution in [0.1, 0.15) is 11.1 Å². The Balaban J connectivity index is 0.00000208. The van der Waals surface area contributed by atoms with Crippen LogP contribution in [0.5, 0.6) is 0 Å². The van der Waals surface area contributed by atoms with Gasteiger partial charge in [0, 0.05) is 10.9 Å². The highest BCUT2D eigenvalue weighted by atomic mass is 79.9. The molecule has 0 saturated heterocycles. The van der Waals surface area contributed by atoms with Crippen LogP contribution in [0.15, 0.2) is 65.0 Å². The van der Waals surface area contributed by atoms with E-state index < -0.39 is 0 Å². The Hall–Kier alpha value is -2.18. The van der Waals surface area contributed by atoms with E-state index in [0.717, 1.165) is 22.0 Å². The van der Waals surface area contributed by atoms with Crippen LogP contribution in [-0.4, -0.2) is 10.9 Å². The normalized spacial score (nSPS) is 11.0. The Labute approximate surface area is 156 Å². The van der Waals surface area contributed by atoms with Crippen molar-refractivity contribution in [2.75, 3.05) is 5.32 Å². The molecule has 3 N–H and O–H groups in total. The van der Waals surface area contributed by atoms with Gasteiger partial charge >= 0.3 is 0 Å².